The van der Waals surface area contributed by atoms with Gasteiger partial charge in [-0.1, -0.05) is 57.2 Å². The summed E-state index contributed by atoms with van der Waals surface area (Å²) in [4.78, 5) is 0. The number of hydrogen-bond donors (Lipinski definition) is 3. The Kier molecular flexibility index (Phi) is 10.4. The van der Waals surface area contributed by atoms with Crippen molar-refractivity contribution < 1.29 is 9.53 Å². The molecule has 0 amide bonds. The molecular formula is C24H40N2O2Si. The molecule has 0 aliphatic rings. The third-order valence-electron chi connectivity index (χ3n) is 5.57. The number of para-hydroxylation sites is 2. The molecule has 29 heavy (non-hydrogen) atoms. The van der Waals surface area contributed by atoms with Crippen molar-refractivity contribution in [3.05, 3.63) is 59.7 Å². The first-order valence-corrected chi connectivity index (χ1v) is 13.4. The van der Waals surface area contributed by atoms with Crippen molar-refractivity contribution in [2.75, 3.05) is 24.7 Å². The summed E-state index contributed by atoms with van der Waals surface area (Å²) in [6.45, 7) is 12.5. The van der Waals surface area contributed by atoms with E-state index in [-0.39, 0.29) is 6.61 Å². The highest BCUT2D eigenvalue weighted by atomic mass is 28.4. The van der Waals surface area contributed by atoms with Gasteiger partial charge in [0.1, 0.15) is 0 Å². The first-order valence-electron chi connectivity index (χ1n) is 10.5. The summed E-state index contributed by atoms with van der Waals surface area (Å²) in [5, 5.41) is 8.87. The quantitative estimate of drug-likeness (QED) is 0.305. The van der Waals surface area contributed by atoms with E-state index in [1.807, 2.05) is 42.5 Å². The van der Waals surface area contributed by atoms with Gasteiger partial charge >= 0.3 is 0 Å². The number of anilines is 2. The Balaban J connectivity index is 0.000000326. The van der Waals surface area contributed by atoms with E-state index < -0.39 is 8.32 Å². The van der Waals surface area contributed by atoms with E-state index in [2.05, 4.69) is 39.9 Å². The highest BCUT2D eigenvalue weighted by Crippen LogP contribution is 2.36. The largest absolute Gasteiger partial charge is 0.417 e. The van der Waals surface area contributed by atoms with Gasteiger partial charge in [0.25, 0.3) is 0 Å². The fraction of sp³-hybridized carbons (Fsp3) is 0.500. The zero-order valence-corrected chi connectivity index (χ0v) is 19.9. The van der Waals surface area contributed by atoms with Crippen molar-refractivity contribution in [3.8, 4) is 0 Å². The lowest BCUT2D eigenvalue weighted by Gasteiger charge is -2.36. The van der Waals surface area contributed by atoms with Gasteiger partial charge in [0.15, 0.2) is 8.32 Å². The SMILES string of the molecule is CC(C)(C)[Si](C)(C)OCCCc1ccccc1N.Nc1ccccc1CCCO. The lowest BCUT2D eigenvalue weighted by molar-refractivity contribution is 0.282. The monoisotopic (exact) mass is 416 g/mol. The molecular weight excluding hydrogens is 376 g/mol. The molecule has 5 N–H and O–H groups in total. The molecule has 0 aliphatic heterocycles. The Morgan fingerprint density at radius 2 is 1.28 bits per heavy atom. The molecule has 2 aromatic carbocycles. The molecule has 2 aromatic rings. The maximum Gasteiger partial charge on any atom is 0.191 e. The zero-order chi connectivity index (χ0) is 21.9. The lowest BCUT2D eigenvalue weighted by Crippen LogP contribution is -2.41. The number of rotatable bonds is 8. The fourth-order valence-electron chi connectivity index (χ4n) is 2.60. The number of aliphatic hydroxyl groups is 1. The minimum Gasteiger partial charge on any atom is -0.417 e. The second-order valence-electron chi connectivity index (χ2n) is 8.94. The summed E-state index contributed by atoms with van der Waals surface area (Å²) < 4.78 is 6.15. The number of benzene rings is 2. The van der Waals surface area contributed by atoms with Crippen molar-refractivity contribution in [1.82, 2.24) is 0 Å². The minimum atomic E-state index is -1.59. The van der Waals surface area contributed by atoms with Crippen LogP contribution >= 0.6 is 0 Å². The van der Waals surface area contributed by atoms with Crippen LogP contribution in [0.25, 0.3) is 0 Å². The molecule has 0 saturated heterocycles. The first kappa shape index (κ1) is 25.2. The molecule has 0 fully saturated rings. The number of nitrogen functional groups attached to an aromatic ring is 2. The van der Waals surface area contributed by atoms with Gasteiger partial charge in [-0.3, -0.25) is 0 Å². The molecule has 0 heterocycles. The van der Waals surface area contributed by atoms with Crippen LogP contribution in [-0.4, -0.2) is 26.6 Å². The topological polar surface area (TPSA) is 81.5 Å². The molecule has 0 radical (unpaired) electrons. The molecule has 2 rings (SSSR count). The summed E-state index contributed by atoms with van der Waals surface area (Å²) in [5.41, 5.74) is 15.7. The van der Waals surface area contributed by atoms with Crippen molar-refractivity contribution in [2.24, 2.45) is 0 Å². The molecule has 5 heteroatoms. The average Bonchev–Trinajstić information content (AvgIpc) is 2.65. The maximum absolute atomic E-state index is 8.58. The van der Waals surface area contributed by atoms with Crippen molar-refractivity contribution in [2.45, 2.75) is 64.6 Å². The third kappa shape index (κ3) is 9.02. The Labute approximate surface area is 178 Å². The van der Waals surface area contributed by atoms with Crippen LogP contribution in [0.3, 0.4) is 0 Å². The Hall–Kier alpha value is -1.82. The van der Waals surface area contributed by atoms with Gasteiger partial charge in [-0.05, 0) is 67.1 Å². The maximum atomic E-state index is 8.58. The van der Waals surface area contributed by atoms with Crippen LogP contribution in [0, 0.1) is 0 Å². The summed E-state index contributed by atoms with van der Waals surface area (Å²) in [6.07, 6.45) is 3.69. The standard InChI is InChI=1S/C15H27NOSi.C9H13NO/c1-15(2,3)18(4,5)17-12-8-10-13-9-6-7-11-14(13)16;10-9-6-2-1-4-8(9)5-3-7-11/h6-7,9,11H,8,10,12,16H2,1-5H3;1-2,4,6,11H,3,5,7,10H2. The normalized spacial score (nSPS) is 11.7. The van der Waals surface area contributed by atoms with Crippen LogP contribution in [0.1, 0.15) is 44.7 Å². The summed E-state index contributed by atoms with van der Waals surface area (Å²) >= 11 is 0. The predicted molar refractivity (Wildman–Crippen MR) is 129 cm³/mol. The van der Waals surface area contributed by atoms with E-state index >= 15 is 0 Å². The predicted octanol–water partition coefficient (Wildman–Crippen LogP) is 5.42. The zero-order valence-electron chi connectivity index (χ0n) is 18.9. The van der Waals surface area contributed by atoms with E-state index in [9.17, 15) is 0 Å². The number of nitrogens with two attached hydrogens (primary N) is 2. The summed E-state index contributed by atoms with van der Waals surface area (Å²) in [6, 6.07) is 15.8. The second kappa shape index (κ2) is 12.0. The van der Waals surface area contributed by atoms with Crippen LogP contribution < -0.4 is 11.5 Å². The van der Waals surface area contributed by atoms with Gasteiger partial charge in [0.05, 0.1) is 0 Å². The number of aryl methyl sites for hydroxylation is 2. The fourth-order valence-corrected chi connectivity index (χ4v) is 3.69. The van der Waals surface area contributed by atoms with Crippen LogP contribution in [0.4, 0.5) is 11.4 Å². The Morgan fingerprint density at radius 1 is 0.828 bits per heavy atom. The van der Waals surface area contributed by atoms with Gasteiger partial charge in [0.2, 0.25) is 0 Å². The first-order chi connectivity index (χ1) is 13.6. The number of aliphatic hydroxyl groups excluding tert-OH is 1. The van der Waals surface area contributed by atoms with E-state index in [0.29, 0.717) is 5.04 Å². The Morgan fingerprint density at radius 3 is 1.69 bits per heavy atom. The van der Waals surface area contributed by atoms with Gasteiger partial charge in [-0.15, -0.1) is 0 Å². The summed E-state index contributed by atoms with van der Waals surface area (Å²) in [7, 11) is -1.59. The second-order valence-corrected chi connectivity index (χ2v) is 13.7. The van der Waals surface area contributed by atoms with Crippen molar-refractivity contribution >= 4 is 19.7 Å². The average molecular weight is 417 g/mol. The summed E-state index contributed by atoms with van der Waals surface area (Å²) in [5.74, 6) is 0. The van der Waals surface area contributed by atoms with Crippen LogP contribution in [0.5, 0.6) is 0 Å². The highest BCUT2D eigenvalue weighted by Gasteiger charge is 2.36. The van der Waals surface area contributed by atoms with E-state index in [0.717, 1.165) is 49.2 Å². The highest BCUT2D eigenvalue weighted by molar-refractivity contribution is 6.74. The molecule has 0 atom stereocenters. The Bertz CT molecular complexity index is 727. The third-order valence-corrected chi connectivity index (χ3v) is 10.1. The van der Waals surface area contributed by atoms with Crippen LogP contribution in [0.15, 0.2) is 48.5 Å². The van der Waals surface area contributed by atoms with Gasteiger partial charge in [-0.25, -0.2) is 0 Å². The van der Waals surface area contributed by atoms with Gasteiger partial charge in [0, 0.05) is 24.6 Å². The molecule has 0 aromatic heterocycles. The van der Waals surface area contributed by atoms with Gasteiger partial charge in [-0.2, -0.15) is 0 Å². The molecule has 4 nitrogen and oxygen atoms in total. The van der Waals surface area contributed by atoms with E-state index in [1.165, 1.54) is 5.56 Å². The van der Waals surface area contributed by atoms with Crippen LogP contribution in [0.2, 0.25) is 18.1 Å². The van der Waals surface area contributed by atoms with E-state index in [4.69, 9.17) is 21.0 Å². The minimum absolute atomic E-state index is 0.230. The molecule has 0 unspecified atom stereocenters. The van der Waals surface area contributed by atoms with Gasteiger partial charge < -0.3 is 21.0 Å². The molecule has 0 aliphatic carbocycles. The van der Waals surface area contributed by atoms with E-state index in [1.54, 1.807) is 0 Å². The molecule has 0 saturated carbocycles. The van der Waals surface area contributed by atoms with Crippen molar-refractivity contribution in [3.63, 3.8) is 0 Å². The molecule has 0 spiro atoms. The molecule has 162 valence electrons. The number of hydrogen-bond acceptors (Lipinski definition) is 4. The smallest absolute Gasteiger partial charge is 0.191 e. The van der Waals surface area contributed by atoms with Crippen molar-refractivity contribution in [1.29, 1.82) is 0 Å². The van der Waals surface area contributed by atoms with Crippen LogP contribution in [-0.2, 0) is 17.3 Å². The lowest BCUT2D eigenvalue weighted by atomic mass is 10.1. The molecule has 0 bridgehead atoms.